The van der Waals surface area contributed by atoms with Crippen LogP contribution in [0.25, 0.3) is 10.8 Å². The smallest absolute Gasteiger partial charge is 0.251 e. The summed E-state index contributed by atoms with van der Waals surface area (Å²) in [6, 6.07) is 16.7. The first-order valence-corrected chi connectivity index (χ1v) is 11.5. The molecule has 6 nitrogen and oxygen atoms in total. The van der Waals surface area contributed by atoms with Gasteiger partial charge < -0.3 is 20.3 Å². The Hall–Kier alpha value is -3.45. The lowest BCUT2D eigenvalue weighted by molar-refractivity contribution is -0.123. The van der Waals surface area contributed by atoms with Gasteiger partial charge in [-0.2, -0.15) is 0 Å². The molecule has 0 unspecified atom stereocenters. The van der Waals surface area contributed by atoms with E-state index in [4.69, 9.17) is 4.74 Å². The molecule has 0 spiro atoms. The van der Waals surface area contributed by atoms with Gasteiger partial charge in [-0.25, -0.2) is 4.39 Å². The minimum absolute atomic E-state index is 0.166. The topological polar surface area (TPSA) is 70.7 Å². The van der Waals surface area contributed by atoms with Crippen LogP contribution in [-0.2, 0) is 11.4 Å². The monoisotopic (exact) mass is 465 g/mol. The summed E-state index contributed by atoms with van der Waals surface area (Å²) < 4.78 is 18.9. The molecule has 0 heterocycles. The van der Waals surface area contributed by atoms with Gasteiger partial charge in [0.2, 0.25) is 5.91 Å². The second-order valence-corrected chi connectivity index (χ2v) is 8.55. The number of rotatable bonds is 11. The predicted octanol–water partition coefficient (Wildman–Crippen LogP) is 4.13. The van der Waals surface area contributed by atoms with E-state index in [0.717, 1.165) is 29.3 Å². The SMILES string of the molecule is CCC[C@H](NC(=O)c1ccc2cc(OCc3ccc(F)cc3)ccc2c1)C(=O)NCCN(C)C. The average molecular weight is 466 g/mol. The fourth-order valence-corrected chi connectivity index (χ4v) is 3.53. The highest BCUT2D eigenvalue weighted by molar-refractivity contribution is 6.00. The standard InChI is InChI=1S/C27H32FN3O3/c1-4-5-25(27(33)29-14-15-31(2)3)30-26(32)22-9-8-21-17-24(13-10-20(21)16-22)34-18-19-6-11-23(28)12-7-19/h6-13,16-17,25H,4-5,14-15,18H2,1-3H3,(H,29,33)(H,30,32)/t25-/m0/s1. The molecule has 2 N–H and O–H groups in total. The van der Waals surface area contributed by atoms with Crippen molar-refractivity contribution in [3.63, 3.8) is 0 Å². The van der Waals surface area contributed by atoms with E-state index in [2.05, 4.69) is 10.6 Å². The minimum Gasteiger partial charge on any atom is -0.489 e. The first-order valence-electron chi connectivity index (χ1n) is 11.5. The molecular weight excluding hydrogens is 433 g/mol. The summed E-state index contributed by atoms with van der Waals surface area (Å²) in [4.78, 5) is 27.4. The lowest BCUT2D eigenvalue weighted by Crippen LogP contribution is -2.47. The summed E-state index contributed by atoms with van der Waals surface area (Å²) in [5.74, 6) is -0.0350. The first kappa shape index (κ1) is 25.2. The molecule has 2 amide bonds. The van der Waals surface area contributed by atoms with Crippen LogP contribution in [0.3, 0.4) is 0 Å². The zero-order valence-electron chi connectivity index (χ0n) is 19.9. The van der Waals surface area contributed by atoms with E-state index in [0.29, 0.717) is 30.9 Å². The van der Waals surface area contributed by atoms with Crippen LogP contribution in [0, 0.1) is 5.82 Å². The van der Waals surface area contributed by atoms with Crippen molar-refractivity contribution < 1.29 is 18.7 Å². The average Bonchev–Trinajstić information content (AvgIpc) is 2.82. The number of nitrogens with one attached hydrogen (secondary N) is 2. The lowest BCUT2D eigenvalue weighted by Gasteiger charge is -2.19. The number of likely N-dealkylation sites (N-methyl/N-ethyl adjacent to an activating group) is 1. The Labute approximate surface area is 200 Å². The number of hydrogen-bond donors (Lipinski definition) is 2. The van der Waals surface area contributed by atoms with Crippen LogP contribution in [0.2, 0.25) is 0 Å². The fraction of sp³-hybridized carbons (Fsp3) is 0.333. The number of amides is 2. The van der Waals surface area contributed by atoms with Gasteiger partial charge in [0.05, 0.1) is 0 Å². The molecule has 3 aromatic carbocycles. The van der Waals surface area contributed by atoms with Crippen LogP contribution < -0.4 is 15.4 Å². The minimum atomic E-state index is -0.572. The van der Waals surface area contributed by atoms with Crippen LogP contribution in [0.1, 0.15) is 35.7 Å². The maximum absolute atomic E-state index is 13.0. The molecule has 0 aliphatic rings. The Kier molecular flexibility index (Phi) is 8.99. The molecule has 0 aromatic heterocycles. The molecule has 3 rings (SSSR count). The van der Waals surface area contributed by atoms with Crippen molar-refractivity contribution in [1.29, 1.82) is 0 Å². The van der Waals surface area contributed by atoms with Gasteiger partial charge in [0.25, 0.3) is 5.91 Å². The highest BCUT2D eigenvalue weighted by atomic mass is 19.1. The largest absolute Gasteiger partial charge is 0.489 e. The number of ether oxygens (including phenoxy) is 1. The maximum atomic E-state index is 13.0. The van der Waals surface area contributed by atoms with Gasteiger partial charge in [-0.3, -0.25) is 9.59 Å². The van der Waals surface area contributed by atoms with E-state index in [1.165, 1.54) is 12.1 Å². The van der Waals surface area contributed by atoms with Crippen LogP contribution in [0.4, 0.5) is 4.39 Å². The molecule has 0 bridgehead atoms. The van der Waals surface area contributed by atoms with Gasteiger partial charge in [0, 0.05) is 18.7 Å². The van der Waals surface area contributed by atoms with Crippen molar-refractivity contribution in [2.45, 2.75) is 32.4 Å². The summed E-state index contributed by atoms with van der Waals surface area (Å²) >= 11 is 0. The van der Waals surface area contributed by atoms with Gasteiger partial charge in [0.1, 0.15) is 24.2 Å². The molecule has 0 radical (unpaired) electrons. The third-order valence-electron chi connectivity index (χ3n) is 5.45. The highest BCUT2D eigenvalue weighted by Crippen LogP contribution is 2.23. The summed E-state index contributed by atoms with van der Waals surface area (Å²) in [5, 5.41) is 7.59. The van der Waals surface area contributed by atoms with Crippen LogP contribution >= 0.6 is 0 Å². The van der Waals surface area contributed by atoms with Crippen LogP contribution in [0.5, 0.6) is 5.75 Å². The van der Waals surface area contributed by atoms with E-state index in [9.17, 15) is 14.0 Å². The van der Waals surface area contributed by atoms with Gasteiger partial charge in [-0.1, -0.05) is 37.6 Å². The van der Waals surface area contributed by atoms with Gasteiger partial charge in [-0.05, 0) is 73.3 Å². The van der Waals surface area contributed by atoms with E-state index >= 15 is 0 Å². The summed E-state index contributed by atoms with van der Waals surface area (Å²) in [6.07, 6.45) is 1.35. The molecule has 0 aliphatic heterocycles. The molecule has 34 heavy (non-hydrogen) atoms. The van der Waals surface area contributed by atoms with E-state index in [1.807, 2.05) is 50.2 Å². The number of fused-ring (bicyclic) bond motifs is 1. The maximum Gasteiger partial charge on any atom is 0.251 e. The van der Waals surface area contributed by atoms with E-state index in [-0.39, 0.29) is 17.6 Å². The molecule has 1 atom stereocenters. The van der Waals surface area contributed by atoms with Gasteiger partial charge in [-0.15, -0.1) is 0 Å². The highest BCUT2D eigenvalue weighted by Gasteiger charge is 2.20. The Balaban J connectivity index is 1.64. The number of benzene rings is 3. The fourth-order valence-electron chi connectivity index (χ4n) is 3.53. The number of carbonyl (C=O) groups excluding carboxylic acids is 2. The normalized spacial score (nSPS) is 11.9. The number of halogens is 1. The zero-order chi connectivity index (χ0) is 24.5. The third kappa shape index (κ3) is 7.28. The quantitative estimate of drug-likeness (QED) is 0.447. The first-order chi connectivity index (χ1) is 16.4. The third-order valence-corrected chi connectivity index (χ3v) is 5.45. The Morgan fingerprint density at radius 3 is 2.41 bits per heavy atom. The molecule has 0 saturated heterocycles. The van der Waals surface area contributed by atoms with Crippen molar-refractivity contribution in [2.24, 2.45) is 0 Å². The lowest BCUT2D eigenvalue weighted by atomic mass is 10.1. The van der Waals surface area contributed by atoms with Crippen molar-refractivity contribution in [1.82, 2.24) is 15.5 Å². The van der Waals surface area contributed by atoms with E-state index < -0.39 is 6.04 Å². The summed E-state index contributed by atoms with van der Waals surface area (Å²) in [7, 11) is 3.88. The number of hydrogen-bond acceptors (Lipinski definition) is 4. The molecule has 180 valence electrons. The number of nitrogens with zero attached hydrogens (tertiary/aromatic N) is 1. The zero-order valence-corrected chi connectivity index (χ0v) is 19.9. The van der Waals surface area contributed by atoms with Crippen molar-refractivity contribution >= 4 is 22.6 Å². The van der Waals surface area contributed by atoms with Crippen LogP contribution in [0.15, 0.2) is 60.7 Å². The van der Waals surface area contributed by atoms with Crippen molar-refractivity contribution in [3.8, 4) is 5.75 Å². The second-order valence-electron chi connectivity index (χ2n) is 8.55. The predicted molar refractivity (Wildman–Crippen MR) is 132 cm³/mol. The molecule has 0 saturated carbocycles. The summed E-state index contributed by atoms with van der Waals surface area (Å²) in [6.45, 7) is 3.59. The van der Waals surface area contributed by atoms with Gasteiger partial charge in [0.15, 0.2) is 0 Å². The van der Waals surface area contributed by atoms with Crippen molar-refractivity contribution in [2.75, 3.05) is 27.2 Å². The molecular formula is C27H32FN3O3. The molecule has 7 heteroatoms. The Morgan fingerprint density at radius 1 is 1.00 bits per heavy atom. The van der Waals surface area contributed by atoms with Gasteiger partial charge >= 0.3 is 0 Å². The molecule has 3 aromatic rings. The molecule has 0 fully saturated rings. The number of carbonyl (C=O) groups is 2. The Morgan fingerprint density at radius 2 is 1.71 bits per heavy atom. The second kappa shape index (κ2) is 12.1. The van der Waals surface area contributed by atoms with Crippen molar-refractivity contribution in [3.05, 3.63) is 77.6 Å². The van der Waals surface area contributed by atoms with Crippen LogP contribution in [-0.4, -0.2) is 49.9 Å². The Bertz CT molecular complexity index is 1120. The summed E-state index contributed by atoms with van der Waals surface area (Å²) in [5.41, 5.74) is 1.37. The molecule has 0 aliphatic carbocycles. The van der Waals surface area contributed by atoms with E-state index in [1.54, 1.807) is 24.3 Å².